The Kier molecular flexibility index (Phi) is 3.15. The van der Waals surface area contributed by atoms with E-state index in [1.165, 1.54) is 0 Å². The number of para-hydroxylation sites is 2. The van der Waals surface area contributed by atoms with Gasteiger partial charge < -0.3 is 10.6 Å². The van der Waals surface area contributed by atoms with Crippen molar-refractivity contribution in [3.63, 3.8) is 0 Å². The molecule has 0 aliphatic carbocycles. The van der Waals surface area contributed by atoms with Gasteiger partial charge in [-0.1, -0.05) is 12.1 Å². The maximum absolute atomic E-state index is 5.95. The normalized spacial score (nSPS) is 12.5. The van der Waals surface area contributed by atoms with Crippen LogP contribution in [0.15, 0.2) is 36.8 Å². The standard InChI is InChI=1S/C13H18N4/c1-10(14)13-8-15-9-17(13)12-7-5-4-6-11(12)16(2)3/h4-10H,14H2,1-3H3/t10-/m0/s1. The molecule has 1 aromatic carbocycles. The zero-order valence-electron chi connectivity index (χ0n) is 10.5. The van der Waals surface area contributed by atoms with E-state index < -0.39 is 0 Å². The summed E-state index contributed by atoms with van der Waals surface area (Å²) in [7, 11) is 4.06. The average Bonchev–Trinajstić information content (AvgIpc) is 2.77. The molecule has 1 heterocycles. The molecule has 0 saturated carbocycles. The molecule has 0 spiro atoms. The van der Waals surface area contributed by atoms with Gasteiger partial charge in [0.15, 0.2) is 0 Å². The molecule has 17 heavy (non-hydrogen) atoms. The summed E-state index contributed by atoms with van der Waals surface area (Å²) >= 11 is 0. The summed E-state index contributed by atoms with van der Waals surface area (Å²) in [6, 6.07) is 8.17. The zero-order chi connectivity index (χ0) is 12.4. The van der Waals surface area contributed by atoms with Gasteiger partial charge >= 0.3 is 0 Å². The Bertz CT molecular complexity index is 500. The molecular weight excluding hydrogens is 212 g/mol. The van der Waals surface area contributed by atoms with E-state index in [1.54, 1.807) is 6.33 Å². The zero-order valence-corrected chi connectivity index (χ0v) is 10.5. The van der Waals surface area contributed by atoms with Crippen LogP contribution < -0.4 is 10.6 Å². The van der Waals surface area contributed by atoms with E-state index in [2.05, 4.69) is 22.0 Å². The molecule has 0 saturated heterocycles. The van der Waals surface area contributed by atoms with Crippen LogP contribution in [0, 0.1) is 0 Å². The second-order valence-corrected chi connectivity index (χ2v) is 4.36. The predicted octanol–water partition coefficient (Wildman–Crippen LogP) is 1.96. The van der Waals surface area contributed by atoms with Gasteiger partial charge in [0.05, 0.1) is 29.6 Å². The largest absolute Gasteiger partial charge is 0.376 e. The molecule has 4 nitrogen and oxygen atoms in total. The predicted molar refractivity (Wildman–Crippen MR) is 70.5 cm³/mol. The number of nitrogens with zero attached hydrogens (tertiary/aromatic N) is 3. The molecular formula is C13H18N4. The maximum Gasteiger partial charge on any atom is 0.0995 e. The number of anilines is 1. The van der Waals surface area contributed by atoms with Gasteiger partial charge in [0.1, 0.15) is 0 Å². The molecule has 2 rings (SSSR count). The highest BCUT2D eigenvalue weighted by Crippen LogP contribution is 2.25. The summed E-state index contributed by atoms with van der Waals surface area (Å²) in [6.07, 6.45) is 3.62. The van der Waals surface area contributed by atoms with Gasteiger partial charge in [-0.2, -0.15) is 0 Å². The monoisotopic (exact) mass is 230 g/mol. The number of aromatic nitrogens is 2. The van der Waals surface area contributed by atoms with Crippen molar-refractivity contribution in [2.45, 2.75) is 13.0 Å². The first-order chi connectivity index (χ1) is 8.11. The van der Waals surface area contributed by atoms with Crippen molar-refractivity contribution in [1.82, 2.24) is 9.55 Å². The van der Waals surface area contributed by atoms with Crippen LogP contribution in [0.1, 0.15) is 18.7 Å². The fourth-order valence-corrected chi connectivity index (χ4v) is 1.89. The van der Waals surface area contributed by atoms with Crippen LogP contribution in [0.5, 0.6) is 0 Å². The molecule has 2 aromatic rings. The highest BCUT2D eigenvalue weighted by atomic mass is 15.1. The molecule has 0 fully saturated rings. The first-order valence-corrected chi connectivity index (χ1v) is 5.66. The molecule has 0 radical (unpaired) electrons. The SMILES string of the molecule is C[C@H](N)c1cncn1-c1ccccc1N(C)C. The summed E-state index contributed by atoms with van der Waals surface area (Å²) < 4.78 is 2.04. The van der Waals surface area contributed by atoms with E-state index in [0.29, 0.717) is 0 Å². The number of imidazole rings is 1. The molecule has 0 amide bonds. The summed E-state index contributed by atoms with van der Waals surface area (Å²) in [4.78, 5) is 6.27. The first kappa shape index (κ1) is 11.7. The number of nitrogens with two attached hydrogens (primary N) is 1. The van der Waals surface area contributed by atoms with Gasteiger partial charge in [0, 0.05) is 20.1 Å². The van der Waals surface area contributed by atoms with E-state index in [4.69, 9.17) is 5.73 Å². The minimum Gasteiger partial charge on any atom is -0.376 e. The highest BCUT2D eigenvalue weighted by molar-refractivity contribution is 5.62. The lowest BCUT2D eigenvalue weighted by Crippen LogP contribution is -2.15. The Labute approximate surface area is 102 Å². The molecule has 4 heteroatoms. The lowest BCUT2D eigenvalue weighted by molar-refractivity contribution is 0.752. The molecule has 2 N–H and O–H groups in total. The van der Waals surface area contributed by atoms with Crippen molar-refractivity contribution in [1.29, 1.82) is 0 Å². The Balaban J connectivity index is 2.56. The van der Waals surface area contributed by atoms with Gasteiger partial charge in [-0.05, 0) is 19.1 Å². The van der Waals surface area contributed by atoms with Gasteiger partial charge in [0.2, 0.25) is 0 Å². The molecule has 0 bridgehead atoms. The smallest absolute Gasteiger partial charge is 0.0995 e. The number of hydrogen-bond acceptors (Lipinski definition) is 3. The van der Waals surface area contributed by atoms with Crippen molar-refractivity contribution in [2.24, 2.45) is 5.73 Å². The van der Waals surface area contributed by atoms with Crippen LogP contribution in [0.4, 0.5) is 5.69 Å². The van der Waals surface area contributed by atoms with E-state index in [9.17, 15) is 0 Å². The fraction of sp³-hybridized carbons (Fsp3) is 0.308. The number of benzene rings is 1. The van der Waals surface area contributed by atoms with Gasteiger partial charge in [-0.25, -0.2) is 4.98 Å². The minimum absolute atomic E-state index is 0.0345. The van der Waals surface area contributed by atoms with E-state index in [0.717, 1.165) is 17.1 Å². The number of hydrogen-bond donors (Lipinski definition) is 1. The Morgan fingerprint density at radius 2 is 2.00 bits per heavy atom. The second kappa shape index (κ2) is 4.59. The van der Waals surface area contributed by atoms with Crippen LogP contribution >= 0.6 is 0 Å². The van der Waals surface area contributed by atoms with Crippen molar-refractivity contribution in [3.8, 4) is 5.69 Å². The average molecular weight is 230 g/mol. The molecule has 0 unspecified atom stereocenters. The van der Waals surface area contributed by atoms with Crippen molar-refractivity contribution >= 4 is 5.69 Å². The maximum atomic E-state index is 5.95. The fourth-order valence-electron chi connectivity index (χ4n) is 1.89. The molecule has 1 atom stereocenters. The van der Waals surface area contributed by atoms with Crippen molar-refractivity contribution < 1.29 is 0 Å². The quantitative estimate of drug-likeness (QED) is 0.876. The summed E-state index contributed by atoms with van der Waals surface area (Å²) in [5.41, 5.74) is 9.21. The van der Waals surface area contributed by atoms with Gasteiger partial charge in [0.25, 0.3) is 0 Å². The molecule has 90 valence electrons. The highest BCUT2D eigenvalue weighted by Gasteiger charge is 2.11. The lowest BCUT2D eigenvalue weighted by atomic mass is 10.2. The first-order valence-electron chi connectivity index (χ1n) is 5.66. The Morgan fingerprint density at radius 1 is 1.29 bits per heavy atom. The van der Waals surface area contributed by atoms with Crippen LogP contribution in [-0.2, 0) is 0 Å². The van der Waals surface area contributed by atoms with Gasteiger partial charge in [-0.3, -0.25) is 4.57 Å². The topological polar surface area (TPSA) is 47.1 Å². The van der Waals surface area contributed by atoms with E-state index in [-0.39, 0.29) is 6.04 Å². The minimum atomic E-state index is -0.0345. The van der Waals surface area contributed by atoms with E-state index in [1.807, 2.05) is 43.9 Å². The lowest BCUT2D eigenvalue weighted by Gasteiger charge is -2.19. The second-order valence-electron chi connectivity index (χ2n) is 4.36. The number of rotatable bonds is 3. The third-order valence-corrected chi connectivity index (χ3v) is 2.76. The summed E-state index contributed by atoms with van der Waals surface area (Å²) in [5, 5.41) is 0. The van der Waals surface area contributed by atoms with Crippen LogP contribution in [0.3, 0.4) is 0 Å². The van der Waals surface area contributed by atoms with Crippen LogP contribution in [0.25, 0.3) is 5.69 Å². The summed E-state index contributed by atoms with van der Waals surface area (Å²) in [5.74, 6) is 0. The van der Waals surface area contributed by atoms with Crippen molar-refractivity contribution in [2.75, 3.05) is 19.0 Å². The van der Waals surface area contributed by atoms with E-state index >= 15 is 0 Å². The molecule has 0 aliphatic heterocycles. The molecule has 0 aliphatic rings. The molecule has 1 aromatic heterocycles. The Morgan fingerprint density at radius 3 is 2.65 bits per heavy atom. The van der Waals surface area contributed by atoms with Crippen LogP contribution in [-0.4, -0.2) is 23.6 Å². The summed E-state index contributed by atoms with van der Waals surface area (Å²) in [6.45, 7) is 1.96. The van der Waals surface area contributed by atoms with Crippen molar-refractivity contribution in [3.05, 3.63) is 42.5 Å². The van der Waals surface area contributed by atoms with Crippen LogP contribution in [0.2, 0.25) is 0 Å². The third kappa shape index (κ3) is 2.17. The third-order valence-electron chi connectivity index (χ3n) is 2.76. The van der Waals surface area contributed by atoms with Gasteiger partial charge in [-0.15, -0.1) is 0 Å². The Hall–Kier alpha value is -1.81.